The van der Waals surface area contributed by atoms with E-state index < -0.39 is 5.09 Å². The van der Waals surface area contributed by atoms with Crippen molar-refractivity contribution in [3.63, 3.8) is 0 Å². The molecule has 0 unspecified atom stereocenters. The molecule has 1 aromatic rings. The molecule has 0 saturated heterocycles. The molecule has 10 heteroatoms. The van der Waals surface area contributed by atoms with E-state index in [0.29, 0.717) is 0 Å². The predicted octanol–water partition coefficient (Wildman–Crippen LogP) is -2.85. The van der Waals surface area contributed by atoms with E-state index in [-0.39, 0.29) is 5.95 Å². The van der Waals surface area contributed by atoms with Crippen LogP contribution in [0.15, 0.2) is 0 Å². The molecule has 0 bridgehead atoms. The number of tetrazole rings is 1. The van der Waals surface area contributed by atoms with E-state index in [1.165, 1.54) is 0 Å². The summed E-state index contributed by atoms with van der Waals surface area (Å²) in [5.74, 6) is 5.22. The first-order chi connectivity index (χ1) is 5.04. The Bertz CT molecular complexity index is 209. The molecule has 0 aliphatic heterocycles. The molecule has 0 aliphatic carbocycles. The number of hydrogen-bond acceptors (Lipinski definition) is 7. The van der Waals surface area contributed by atoms with Crippen molar-refractivity contribution in [2.75, 3.05) is 11.6 Å². The van der Waals surface area contributed by atoms with Crippen LogP contribution in [0.4, 0.5) is 5.95 Å². The molecule has 10 nitrogen and oxygen atoms in total. The zero-order chi connectivity index (χ0) is 8.85. The minimum atomic E-state index is -1.75. The van der Waals surface area contributed by atoms with E-state index in [9.17, 15) is 0 Å². The van der Waals surface area contributed by atoms with Gasteiger partial charge in [0.2, 0.25) is 0 Å². The lowest BCUT2D eigenvalue weighted by Crippen LogP contribution is -2.48. The Morgan fingerprint density at radius 1 is 1.64 bits per heavy atom. The van der Waals surface area contributed by atoms with Gasteiger partial charge in [0.25, 0.3) is 0 Å². The smallest absolute Gasteiger partial charge is 0.356 e. The molecule has 1 rings (SSSR count). The van der Waals surface area contributed by atoms with Crippen LogP contribution in [0.5, 0.6) is 0 Å². The Morgan fingerprint density at radius 3 is 2.18 bits per heavy atom. The highest BCUT2D eigenvalue weighted by atomic mass is 16.9. The summed E-state index contributed by atoms with van der Waals surface area (Å²) in [6.07, 6.45) is 0. The van der Waals surface area contributed by atoms with E-state index in [1.54, 1.807) is 0 Å². The summed E-state index contributed by atoms with van der Waals surface area (Å²) in [5, 5.41) is 23.6. The second-order valence-corrected chi connectivity index (χ2v) is 1.25. The minimum Gasteiger partial charge on any atom is -0.356 e. The zero-order valence-corrected chi connectivity index (χ0v) is 5.17. The number of nitrogens with one attached hydrogen (secondary N) is 1. The van der Waals surface area contributed by atoms with Crippen molar-refractivity contribution in [1.29, 1.82) is 0 Å². The summed E-state index contributed by atoms with van der Waals surface area (Å²) in [5.41, 5.74) is 5.07. The van der Waals surface area contributed by atoms with Gasteiger partial charge in [0.15, 0.2) is 0 Å². The van der Waals surface area contributed by atoms with Gasteiger partial charge in [0, 0.05) is 0 Å². The fourth-order valence-corrected chi connectivity index (χ4v) is 0.221. The number of nitrogens with zero attached hydrogens (tertiary/aromatic N) is 4. The Morgan fingerprint density at radius 2 is 2.09 bits per heavy atom. The molecule has 1 heterocycles. The van der Waals surface area contributed by atoms with Gasteiger partial charge in [-0.2, -0.15) is 0 Å². The van der Waals surface area contributed by atoms with Gasteiger partial charge in [-0.05, 0) is 0 Å². The quantitative estimate of drug-likeness (QED) is 0.160. The monoisotopic (exact) mass is 163 g/mol. The summed E-state index contributed by atoms with van der Waals surface area (Å²) < 4.78 is 0. The topological polar surface area (TPSA) is 164 Å². The van der Waals surface area contributed by atoms with Crippen LogP contribution < -0.4 is 16.4 Å². The van der Waals surface area contributed by atoms with Crippen molar-refractivity contribution in [3.05, 3.63) is 15.3 Å². The van der Waals surface area contributed by atoms with Gasteiger partial charge < -0.3 is 21.1 Å². The van der Waals surface area contributed by atoms with Gasteiger partial charge in [-0.1, -0.05) is 10.0 Å². The SMILES string of the molecule is Nc1nn[nH][n+]1N.O=[N+]([O-])[O-]. The average Bonchev–Trinajstić information content (AvgIpc) is 2.15. The summed E-state index contributed by atoms with van der Waals surface area (Å²) >= 11 is 0. The number of H-pyrrole nitrogens is 1. The van der Waals surface area contributed by atoms with Crippen LogP contribution in [0.3, 0.4) is 0 Å². The second kappa shape index (κ2) is 3.81. The number of aromatic nitrogens is 4. The highest BCUT2D eigenvalue weighted by Gasteiger charge is 2.00. The third-order valence-corrected chi connectivity index (χ3v) is 0.552. The molecule has 11 heavy (non-hydrogen) atoms. The van der Waals surface area contributed by atoms with Crippen LogP contribution >= 0.6 is 0 Å². The molecule has 0 atom stereocenters. The van der Waals surface area contributed by atoms with E-state index >= 15 is 0 Å². The van der Waals surface area contributed by atoms with Crippen LogP contribution in [-0.4, -0.2) is 20.6 Å². The van der Waals surface area contributed by atoms with Gasteiger partial charge >= 0.3 is 5.95 Å². The van der Waals surface area contributed by atoms with Crippen LogP contribution in [-0.2, 0) is 0 Å². The van der Waals surface area contributed by atoms with Crippen molar-refractivity contribution in [3.8, 4) is 0 Å². The molecule has 0 radical (unpaired) electrons. The van der Waals surface area contributed by atoms with Crippen molar-refractivity contribution in [2.24, 2.45) is 0 Å². The first kappa shape index (κ1) is 8.87. The van der Waals surface area contributed by atoms with E-state index in [2.05, 4.69) is 15.5 Å². The minimum absolute atomic E-state index is 0.167. The molecule has 62 valence electrons. The molecule has 0 fully saturated rings. The maximum atomic E-state index is 8.25. The highest BCUT2D eigenvalue weighted by molar-refractivity contribution is 4.97. The fraction of sp³-hybridized carbons (Fsp3) is 0. The lowest BCUT2D eigenvalue weighted by molar-refractivity contribution is -0.687. The van der Waals surface area contributed by atoms with Gasteiger partial charge in [0.05, 0.1) is 10.2 Å². The fourth-order valence-electron chi connectivity index (χ4n) is 0.221. The molecule has 0 amide bonds. The van der Waals surface area contributed by atoms with Crippen molar-refractivity contribution >= 4 is 5.95 Å². The number of rotatable bonds is 0. The molecular formula is CH5N7O3. The zero-order valence-electron chi connectivity index (χ0n) is 5.17. The summed E-state index contributed by atoms with van der Waals surface area (Å²) in [4.78, 5) is 9.26. The van der Waals surface area contributed by atoms with Crippen LogP contribution in [0, 0.1) is 15.3 Å². The van der Waals surface area contributed by atoms with E-state index in [0.717, 1.165) is 4.79 Å². The number of hydrogen-bond donors (Lipinski definition) is 3. The standard InChI is InChI=1S/CH4N6.NO3/c2-1-4-5-6-7(1)3;2-1(3)4/h3H2,(H2,2,4,6);/q;-1/p+1. The summed E-state index contributed by atoms with van der Waals surface area (Å²) in [6, 6.07) is 0. The molecule has 0 aromatic carbocycles. The highest BCUT2D eigenvalue weighted by Crippen LogP contribution is 1.67. The molecular weight excluding hydrogens is 158 g/mol. The summed E-state index contributed by atoms with van der Waals surface area (Å²) in [7, 11) is 0. The van der Waals surface area contributed by atoms with Crippen LogP contribution in [0.1, 0.15) is 0 Å². The molecule has 0 saturated carbocycles. The second-order valence-electron chi connectivity index (χ2n) is 1.25. The third kappa shape index (κ3) is 4.38. The summed E-state index contributed by atoms with van der Waals surface area (Å²) in [6.45, 7) is 0. The lowest BCUT2D eigenvalue weighted by atomic mass is 11.1. The first-order valence-electron chi connectivity index (χ1n) is 2.19. The number of nitrogens with two attached hydrogens (primary N) is 2. The Hall–Kier alpha value is -2.13. The molecule has 0 aliphatic rings. The van der Waals surface area contributed by atoms with Crippen LogP contribution in [0.25, 0.3) is 0 Å². The lowest BCUT2D eigenvalue weighted by Gasteiger charge is -1.75. The normalized spacial score (nSPS) is 8.00. The maximum absolute atomic E-state index is 8.25. The number of anilines is 1. The maximum Gasteiger partial charge on any atom is 0.418 e. The van der Waals surface area contributed by atoms with Crippen molar-refractivity contribution in [1.82, 2.24) is 15.5 Å². The molecule has 0 spiro atoms. The van der Waals surface area contributed by atoms with Crippen molar-refractivity contribution in [2.45, 2.75) is 0 Å². The number of nitrogen functional groups attached to an aromatic ring is 2. The first-order valence-corrected chi connectivity index (χ1v) is 2.19. The van der Waals surface area contributed by atoms with Crippen LogP contribution in [0.2, 0.25) is 0 Å². The van der Waals surface area contributed by atoms with Gasteiger partial charge in [-0.3, -0.25) is 5.84 Å². The van der Waals surface area contributed by atoms with E-state index in [4.69, 9.17) is 26.9 Å². The molecule has 5 N–H and O–H groups in total. The Balaban J connectivity index is 0.000000218. The molecule has 1 aromatic heterocycles. The largest absolute Gasteiger partial charge is 0.418 e. The van der Waals surface area contributed by atoms with Gasteiger partial charge in [-0.25, -0.2) is 0 Å². The van der Waals surface area contributed by atoms with Gasteiger partial charge in [-0.15, -0.1) is 0 Å². The Labute approximate surface area is 59.5 Å². The Kier molecular flexibility index (Phi) is 3.07. The number of aromatic amines is 1. The van der Waals surface area contributed by atoms with E-state index in [1.807, 2.05) is 0 Å². The van der Waals surface area contributed by atoms with Crippen molar-refractivity contribution < 1.29 is 9.88 Å². The third-order valence-electron chi connectivity index (χ3n) is 0.552. The average molecular weight is 163 g/mol. The predicted molar refractivity (Wildman–Crippen MR) is 31.5 cm³/mol. The van der Waals surface area contributed by atoms with Gasteiger partial charge in [0.1, 0.15) is 5.21 Å².